The minimum atomic E-state index is -0.562. The predicted octanol–water partition coefficient (Wildman–Crippen LogP) is 3.90. The number of carbonyl (C=O) groups excluding carboxylic acids is 1. The lowest BCUT2D eigenvalue weighted by Crippen LogP contribution is -2.17. The van der Waals surface area contributed by atoms with Crippen molar-refractivity contribution in [2.45, 2.75) is 0 Å². The van der Waals surface area contributed by atoms with Crippen molar-refractivity contribution in [1.82, 2.24) is 9.99 Å². The Morgan fingerprint density at radius 3 is 2.73 bits per heavy atom. The van der Waals surface area contributed by atoms with Crippen LogP contribution < -0.4 is 10.2 Å². The molecule has 0 atom stereocenters. The zero-order valence-electron chi connectivity index (χ0n) is 15.8. The fraction of sp³-hybridized carbons (Fsp3) is 0.0476. The molecule has 0 radical (unpaired) electrons. The maximum absolute atomic E-state index is 12.3. The van der Waals surface area contributed by atoms with E-state index in [9.17, 15) is 14.9 Å². The molecule has 2 aromatic heterocycles. The third-order valence-corrected chi connectivity index (χ3v) is 4.43. The van der Waals surface area contributed by atoms with Crippen molar-refractivity contribution >= 4 is 28.8 Å². The number of ether oxygens (including phenoxy) is 1. The molecule has 0 unspecified atom stereocenters. The number of amides is 1. The summed E-state index contributed by atoms with van der Waals surface area (Å²) in [4.78, 5) is 22.7. The number of rotatable bonds is 6. The number of nitro benzene ring substituents is 1. The van der Waals surface area contributed by atoms with Crippen molar-refractivity contribution in [3.63, 3.8) is 0 Å². The number of methoxy groups -OCH3 is 1. The van der Waals surface area contributed by atoms with E-state index in [1.54, 1.807) is 7.11 Å². The van der Waals surface area contributed by atoms with Crippen LogP contribution in [0, 0.1) is 10.1 Å². The Morgan fingerprint density at radius 1 is 1.20 bits per heavy atom. The molecule has 30 heavy (non-hydrogen) atoms. The molecule has 0 fully saturated rings. The Bertz CT molecular complexity index is 1250. The van der Waals surface area contributed by atoms with Gasteiger partial charge in [0.25, 0.3) is 5.69 Å². The second-order valence-corrected chi connectivity index (χ2v) is 6.29. The first-order chi connectivity index (χ1) is 14.5. The van der Waals surface area contributed by atoms with Crippen LogP contribution in [-0.4, -0.2) is 28.7 Å². The van der Waals surface area contributed by atoms with Gasteiger partial charge < -0.3 is 13.7 Å². The van der Waals surface area contributed by atoms with E-state index in [0.717, 1.165) is 17.1 Å². The van der Waals surface area contributed by atoms with Gasteiger partial charge in [0, 0.05) is 29.4 Å². The van der Waals surface area contributed by atoms with Gasteiger partial charge in [0.05, 0.1) is 23.9 Å². The highest BCUT2D eigenvalue weighted by Crippen LogP contribution is 2.24. The van der Waals surface area contributed by atoms with Crippen LogP contribution in [0.5, 0.6) is 5.75 Å². The van der Waals surface area contributed by atoms with Crippen molar-refractivity contribution in [3.8, 4) is 11.4 Å². The largest absolute Gasteiger partial charge is 0.497 e. The molecule has 0 saturated carbocycles. The first-order valence-corrected chi connectivity index (χ1v) is 8.88. The molecule has 0 aliphatic carbocycles. The van der Waals surface area contributed by atoms with E-state index in [1.807, 2.05) is 47.2 Å². The number of hydrogen-bond donors (Lipinski definition) is 1. The molecule has 1 amide bonds. The van der Waals surface area contributed by atoms with E-state index in [1.165, 1.54) is 30.5 Å². The Balaban J connectivity index is 1.48. The molecule has 1 N–H and O–H groups in total. The quantitative estimate of drug-likeness (QED) is 0.297. The molecule has 0 aliphatic heterocycles. The van der Waals surface area contributed by atoms with Gasteiger partial charge in [0.15, 0.2) is 5.76 Å². The lowest BCUT2D eigenvalue weighted by molar-refractivity contribution is -0.384. The maximum atomic E-state index is 12.3. The molecule has 0 spiro atoms. The first-order valence-electron chi connectivity index (χ1n) is 8.88. The standard InChI is InChI=1S/C21H16N4O5/c1-29-18-7-4-15(5-8-18)24-10-2-3-17(24)13-22-23-21(26)20-12-14-11-16(25(27)28)6-9-19(14)30-20/h2-13H,1H3,(H,23,26)/b22-13-. The molecule has 4 aromatic rings. The molecule has 0 aliphatic rings. The highest BCUT2D eigenvalue weighted by molar-refractivity contribution is 5.96. The van der Waals surface area contributed by atoms with Gasteiger partial charge in [0.2, 0.25) is 0 Å². The van der Waals surface area contributed by atoms with Gasteiger partial charge in [-0.2, -0.15) is 5.10 Å². The summed E-state index contributed by atoms with van der Waals surface area (Å²) in [6, 6.07) is 16.8. The fourth-order valence-electron chi connectivity index (χ4n) is 2.95. The second-order valence-electron chi connectivity index (χ2n) is 6.29. The van der Waals surface area contributed by atoms with Crippen molar-refractivity contribution in [2.24, 2.45) is 5.10 Å². The van der Waals surface area contributed by atoms with E-state index >= 15 is 0 Å². The Labute approximate surface area is 170 Å². The summed E-state index contributed by atoms with van der Waals surface area (Å²) in [5.41, 5.74) is 4.36. The van der Waals surface area contributed by atoms with Crippen LogP contribution in [-0.2, 0) is 0 Å². The Hall–Kier alpha value is -4.40. The van der Waals surface area contributed by atoms with Crippen LogP contribution in [0.4, 0.5) is 5.69 Å². The van der Waals surface area contributed by atoms with Gasteiger partial charge >= 0.3 is 5.91 Å². The van der Waals surface area contributed by atoms with Crippen LogP contribution in [0.1, 0.15) is 16.2 Å². The van der Waals surface area contributed by atoms with Crippen molar-refractivity contribution < 1.29 is 18.9 Å². The summed E-state index contributed by atoms with van der Waals surface area (Å²) in [6.45, 7) is 0. The van der Waals surface area contributed by atoms with E-state index in [0.29, 0.717) is 11.0 Å². The van der Waals surface area contributed by atoms with Crippen LogP contribution in [0.2, 0.25) is 0 Å². The summed E-state index contributed by atoms with van der Waals surface area (Å²) in [6.07, 6.45) is 3.38. The topological polar surface area (TPSA) is 112 Å². The summed E-state index contributed by atoms with van der Waals surface area (Å²) < 4.78 is 12.5. The summed E-state index contributed by atoms with van der Waals surface area (Å²) in [5.74, 6) is 0.199. The number of nitrogens with zero attached hydrogens (tertiary/aromatic N) is 3. The van der Waals surface area contributed by atoms with Crippen molar-refractivity contribution in [1.29, 1.82) is 0 Å². The molecule has 9 nitrogen and oxygen atoms in total. The van der Waals surface area contributed by atoms with Crippen LogP contribution >= 0.6 is 0 Å². The zero-order chi connectivity index (χ0) is 21.1. The highest BCUT2D eigenvalue weighted by atomic mass is 16.6. The minimum absolute atomic E-state index is 0.00758. The number of aromatic nitrogens is 1. The van der Waals surface area contributed by atoms with Gasteiger partial charge in [-0.1, -0.05) is 0 Å². The van der Waals surface area contributed by atoms with Crippen molar-refractivity contribution in [3.05, 3.63) is 88.4 Å². The molecule has 2 heterocycles. The van der Waals surface area contributed by atoms with Gasteiger partial charge in [-0.25, -0.2) is 5.43 Å². The van der Waals surface area contributed by atoms with Gasteiger partial charge in [-0.15, -0.1) is 0 Å². The fourth-order valence-corrected chi connectivity index (χ4v) is 2.95. The zero-order valence-corrected chi connectivity index (χ0v) is 15.8. The van der Waals surface area contributed by atoms with Gasteiger partial charge in [-0.05, 0) is 48.5 Å². The number of furan rings is 1. The SMILES string of the molecule is COc1ccc(-n2cccc2/C=N\NC(=O)c2cc3cc([N+](=O)[O-])ccc3o2)cc1. The molecular weight excluding hydrogens is 388 g/mol. The number of hydrazone groups is 1. The minimum Gasteiger partial charge on any atom is -0.497 e. The normalized spacial score (nSPS) is 11.1. The summed E-state index contributed by atoms with van der Waals surface area (Å²) in [7, 11) is 1.61. The molecule has 2 aromatic carbocycles. The van der Waals surface area contributed by atoms with E-state index < -0.39 is 10.8 Å². The lowest BCUT2D eigenvalue weighted by Gasteiger charge is -2.07. The van der Waals surface area contributed by atoms with Gasteiger partial charge in [-0.3, -0.25) is 14.9 Å². The molecular formula is C21H16N4O5. The number of hydrogen-bond acceptors (Lipinski definition) is 6. The number of benzene rings is 2. The first kappa shape index (κ1) is 18.9. The maximum Gasteiger partial charge on any atom is 0.307 e. The average Bonchev–Trinajstić information content (AvgIpc) is 3.40. The highest BCUT2D eigenvalue weighted by Gasteiger charge is 2.14. The Morgan fingerprint density at radius 2 is 2.00 bits per heavy atom. The summed E-state index contributed by atoms with van der Waals surface area (Å²) >= 11 is 0. The average molecular weight is 404 g/mol. The molecule has 0 bridgehead atoms. The van der Waals surface area contributed by atoms with Crippen molar-refractivity contribution in [2.75, 3.05) is 7.11 Å². The molecule has 0 saturated heterocycles. The second kappa shape index (κ2) is 7.92. The van der Waals surface area contributed by atoms with E-state index in [4.69, 9.17) is 9.15 Å². The number of nitrogens with one attached hydrogen (secondary N) is 1. The lowest BCUT2D eigenvalue weighted by atomic mass is 10.2. The van der Waals surface area contributed by atoms with E-state index in [-0.39, 0.29) is 11.4 Å². The smallest absolute Gasteiger partial charge is 0.307 e. The third kappa shape index (κ3) is 3.76. The van der Waals surface area contributed by atoms with Crippen LogP contribution in [0.15, 0.2) is 76.4 Å². The van der Waals surface area contributed by atoms with Crippen LogP contribution in [0.3, 0.4) is 0 Å². The number of non-ortho nitro benzene ring substituents is 1. The molecule has 150 valence electrons. The number of carbonyl (C=O) groups is 1. The Kier molecular flexibility index (Phi) is 5.00. The monoisotopic (exact) mass is 404 g/mol. The number of fused-ring (bicyclic) bond motifs is 1. The van der Waals surface area contributed by atoms with Crippen LogP contribution in [0.25, 0.3) is 16.7 Å². The molecule has 4 rings (SSSR count). The van der Waals surface area contributed by atoms with Gasteiger partial charge in [0.1, 0.15) is 11.3 Å². The molecule has 9 heteroatoms. The third-order valence-electron chi connectivity index (χ3n) is 4.43. The predicted molar refractivity (Wildman–Crippen MR) is 110 cm³/mol. The van der Waals surface area contributed by atoms with E-state index in [2.05, 4.69) is 10.5 Å². The summed E-state index contributed by atoms with van der Waals surface area (Å²) in [5, 5.41) is 15.3. The number of nitro groups is 1.